The average Bonchev–Trinajstić information content (AvgIpc) is 2.96. The molecule has 1 atom stereocenters. The third kappa shape index (κ3) is 4.82. The van der Waals surface area contributed by atoms with Gasteiger partial charge in [-0.1, -0.05) is 44.0 Å². The number of carbonyl (C=O) groups is 1. The standard InChI is InChI=1S/C21H24FN3O3S/c1-3-4-8-18(21(26)23-13-15-11-10-14(2)17(22)12-15)24-20-16-7-5-6-9-19(16)29(27,28)25-20/h5-7,9-12,18H,3-4,8,13H2,1-2H3,(H,23,26)(H,24,25). The first-order valence-electron chi connectivity index (χ1n) is 9.54. The molecule has 0 saturated heterocycles. The van der Waals surface area contributed by atoms with E-state index in [1.165, 1.54) is 12.1 Å². The molecule has 0 fully saturated rings. The number of sulfonamides is 1. The SMILES string of the molecule is CCCCC(N=C1NS(=O)(=O)c2ccccc21)C(=O)NCc1ccc(C)c(F)c1. The van der Waals surface area contributed by atoms with Gasteiger partial charge < -0.3 is 5.32 Å². The van der Waals surface area contributed by atoms with Gasteiger partial charge in [0, 0.05) is 12.1 Å². The lowest BCUT2D eigenvalue weighted by atomic mass is 10.1. The number of benzene rings is 2. The molecule has 1 unspecified atom stereocenters. The lowest BCUT2D eigenvalue weighted by Gasteiger charge is -2.14. The van der Waals surface area contributed by atoms with E-state index < -0.39 is 16.1 Å². The van der Waals surface area contributed by atoms with Crippen LogP contribution in [0.25, 0.3) is 0 Å². The van der Waals surface area contributed by atoms with Crippen molar-refractivity contribution in [1.82, 2.24) is 10.0 Å². The van der Waals surface area contributed by atoms with E-state index in [4.69, 9.17) is 0 Å². The largest absolute Gasteiger partial charge is 0.350 e. The second-order valence-corrected chi connectivity index (χ2v) is 8.69. The molecular formula is C21H24FN3O3S. The van der Waals surface area contributed by atoms with E-state index in [0.717, 1.165) is 12.8 Å². The fourth-order valence-electron chi connectivity index (χ4n) is 3.09. The summed E-state index contributed by atoms with van der Waals surface area (Å²) in [6.07, 6.45) is 2.13. The third-order valence-corrected chi connectivity index (χ3v) is 6.18. The summed E-state index contributed by atoms with van der Waals surface area (Å²) < 4.78 is 40.7. The van der Waals surface area contributed by atoms with E-state index in [0.29, 0.717) is 23.1 Å². The summed E-state index contributed by atoms with van der Waals surface area (Å²) >= 11 is 0. The Morgan fingerprint density at radius 2 is 2.00 bits per heavy atom. The number of hydrogen-bond donors (Lipinski definition) is 2. The van der Waals surface area contributed by atoms with Crippen LogP contribution in [0.2, 0.25) is 0 Å². The number of aliphatic imine (C=N–C) groups is 1. The first kappa shape index (κ1) is 21.0. The van der Waals surface area contributed by atoms with Gasteiger partial charge in [-0.25, -0.2) is 12.8 Å². The summed E-state index contributed by atoms with van der Waals surface area (Å²) in [5.41, 5.74) is 1.65. The smallest absolute Gasteiger partial charge is 0.263 e. The molecule has 0 bridgehead atoms. The van der Waals surface area contributed by atoms with E-state index in [1.54, 1.807) is 37.3 Å². The minimum Gasteiger partial charge on any atom is -0.350 e. The van der Waals surface area contributed by atoms with Crippen molar-refractivity contribution in [3.8, 4) is 0 Å². The number of aryl methyl sites for hydroxylation is 1. The van der Waals surface area contributed by atoms with E-state index in [9.17, 15) is 17.6 Å². The van der Waals surface area contributed by atoms with E-state index in [-0.39, 0.29) is 29.0 Å². The van der Waals surface area contributed by atoms with Gasteiger partial charge in [0.15, 0.2) is 0 Å². The summed E-state index contributed by atoms with van der Waals surface area (Å²) in [7, 11) is -3.66. The number of amides is 1. The second kappa shape index (κ2) is 8.73. The van der Waals surface area contributed by atoms with Crippen molar-refractivity contribution in [2.45, 2.75) is 50.6 Å². The van der Waals surface area contributed by atoms with Crippen molar-refractivity contribution < 1.29 is 17.6 Å². The topological polar surface area (TPSA) is 87.6 Å². The Morgan fingerprint density at radius 1 is 1.24 bits per heavy atom. The van der Waals surface area contributed by atoms with E-state index in [1.807, 2.05) is 6.92 Å². The van der Waals surface area contributed by atoms with Gasteiger partial charge >= 0.3 is 0 Å². The zero-order valence-electron chi connectivity index (χ0n) is 16.4. The predicted molar refractivity (Wildman–Crippen MR) is 110 cm³/mol. The zero-order valence-corrected chi connectivity index (χ0v) is 17.2. The molecule has 8 heteroatoms. The lowest BCUT2D eigenvalue weighted by Crippen LogP contribution is -2.35. The van der Waals surface area contributed by atoms with E-state index in [2.05, 4.69) is 15.0 Å². The maximum atomic E-state index is 13.7. The molecular weight excluding hydrogens is 393 g/mol. The van der Waals surface area contributed by atoms with Gasteiger partial charge in [-0.3, -0.25) is 14.5 Å². The zero-order chi connectivity index (χ0) is 21.0. The highest BCUT2D eigenvalue weighted by molar-refractivity contribution is 7.90. The molecule has 154 valence electrons. The Labute approximate surface area is 170 Å². The van der Waals surface area contributed by atoms with Crippen molar-refractivity contribution in [1.29, 1.82) is 0 Å². The summed E-state index contributed by atoms with van der Waals surface area (Å²) in [5.74, 6) is -0.467. The highest BCUT2D eigenvalue weighted by Gasteiger charge is 2.31. The van der Waals surface area contributed by atoms with Crippen LogP contribution in [0.4, 0.5) is 4.39 Å². The number of fused-ring (bicyclic) bond motifs is 1. The maximum absolute atomic E-state index is 13.7. The molecule has 29 heavy (non-hydrogen) atoms. The average molecular weight is 418 g/mol. The van der Waals surface area contributed by atoms with Gasteiger partial charge in [-0.15, -0.1) is 0 Å². The van der Waals surface area contributed by atoms with Gasteiger partial charge in [0.05, 0.1) is 4.90 Å². The maximum Gasteiger partial charge on any atom is 0.263 e. The minimum absolute atomic E-state index is 0.156. The van der Waals surface area contributed by atoms with Crippen LogP contribution >= 0.6 is 0 Å². The van der Waals surface area contributed by atoms with Crippen LogP contribution in [-0.4, -0.2) is 26.2 Å². The fourth-order valence-corrected chi connectivity index (χ4v) is 4.33. The van der Waals surface area contributed by atoms with Gasteiger partial charge in [0.25, 0.3) is 10.0 Å². The summed E-state index contributed by atoms with van der Waals surface area (Å²) in [6.45, 7) is 3.85. The molecule has 0 aliphatic carbocycles. The van der Waals surface area contributed by atoms with Gasteiger partial charge in [0.1, 0.15) is 17.7 Å². The molecule has 1 heterocycles. The van der Waals surface area contributed by atoms with Gasteiger partial charge in [-0.05, 0) is 42.7 Å². The first-order valence-corrected chi connectivity index (χ1v) is 11.0. The predicted octanol–water partition coefficient (Wildman–Crippen LogP) is 3.05. The van der Waals surface area contributed by atoms with Crippen LogP contribution in [0.3, 0.4) is 0 Å². The highest BCUT2D eigenvalue weighted by Crippen LogP contribution is 2.23. The van der Waals surface area contributed by atoms with Gasteiger partial charge in [-0.2, -0.15) is 0 Å². The Hall–Kier alpha value is -2.74. The van der Waals surface area contributed by atoms with Crippen LogP contribution < -0.4 is 10.0 Å². The molecule has 2 aromatic carbocycles. The lowest BCUT2D eigenvalue weighted by molar-refractivity contribution is -0.122. The molecule has 2 N–H and O–H groups in total. The van der Waals surface area contributed by atoms with Crippen molar-refractivity contribution in [2.75, 3.05) is 0 Å². The molecule has 0 saturated carbocycles. The van der Waals surface area contributed by atoms with Crippen molar-refractivity contribution in [3.05, 3.63) is 65.0 Å². The highest BCUT2D eigenvalue weighted by atomic mass is 32.2. The molecule has 6 nitrogen and oxygen atoms in total. The quantitative estimate of drug-likeness (QED) is 0.726. The van der Waals surface area contributed by atoms with Crippen molar-refractivity contribution in [3.63, 3.8) is 0 Å². The normalized spacial score (nSPS) is 16.9. The number of nitrogens with one attached hydrogen (secondary N) is 2. The number of hydrogen-bond acceptors (Lipinski definition) is 4. The van der Waals surface area contributed by atoms with Crippen LogP contribution in [-0.2, 0) is 21.4 Å². The first-order chi connectivity index (χ1) is 13.8. The van der Waals surface area contributed by atoms with Crippen molar-refractivity contribution in [2.24, 2.45) is 4.99 Å². The van der Waals surface area contributed by atoms with Crippen LogP contribution in [0.15, 0.2) is 52.4 Å². The molecule has 0 spiro atoms. The number of rotatable bonds is 7. The third-order valence-electron chi connectivity index (χ3n) is 4.78. The van der Waals surface area contributed by atoms with Crippen molar-refractivity contribution >= 4 is 21.8 Å². The Kier molecular flexibility index (Phi) is 6.32. The minimum atomic E-state index is -3.66. The molecule has 0 aromatic heterocycles. The number of nitrogens with zero attached hydrogens (tertiary/aromatic N) is 1. The second-order valence-electron chi connectivity index (χ2n) is 7.04. The Bertz CT molecular complexity index is 1050. The monoisotopic (exact) mass is 417 g/mol. The van der Waals surface area contributed by atoms with Crippen LogP contribution in [0, 0.1) is 12.7 Å². The molecule has 1 aliphatic rings. The Balaban J connectivity index is 1.80. The summed E-state index contributed by atoms with van der Waals surface area (Å²) in [5, 5.41) is 2.78. The number of halogens is 1. The number of amidine groups is 1. The van der Waals surface area contributed by atoms with Gasteiger partial charge in [0.2, 0.25) is 5.91 Å². The number of carbonyl (C=O) groups excluding carboxylic acids is 1. The molecule has 0 radical (unpaired) electrons. The fraction of sp³-hybridized carbons (Fsp3) is 0.333. The summed E-state index contributed by atoms with van der Waals surface area (Å²) in [6, 6.07) is 10.6. The van der Waals surface area contributed by atoms with Crippen LogP contribution in [0.1, 0.15) is 42.9 Å². The summed E-state index contributed by atoms with van der Waals surface area (Å²) in [4.78, 5) is 17.3. The van der Waals surface area contributed by atoms with Crippen LogP contribution in [0.5, 0.6) is 0 Å². The number of unbranched alkanes of at least 4 members (excludes halogenated alkanes) is 1. The molecule has 1 amide bonds. The molecule has 1 aliphatic heterocycles. The Morgan fingerprint density at radius 3 is 2.72 bits per heavy atom. The molecule has 3 rings (SSSR count). The molecule has 2 aromatic rings. The van der Waals surface area contributed by atoms with E-state index >= 15 is 0 Å².